The molecule has 1 saturated heterocycles. The van der Waals surface area contributed by atoms with E-state index in [2.05, 4.69) is 69.7 Å². The Morgan fingerprint density at radius 2 is 1.72 bits per heavy atom. The van der Waals surface area contributed by atoms with E-state index in [1.165, 1.54) is 24.4 Å². The number of carbonyl (C=O) groups is 2. The van der Waals surface area contributed by atoms with Crippen molar-refractivity contribution in [2.24, 2.45) is 11.8 Å². The highest BCUT2D eigenvalue weighted by Gasteiger charge is 2.41. The van der Waals surface area contributed by atoms with Gasteiger partial charge in [-0.2, -0.15) is 0 Å². The molecule has 2 aromatic carbocycles. The number of piperidine rings is 1. The van der Waals surface area contributed by atoms with Gasteiger partial charge in [0.25, 0.3) is 5.91 Å². The molecule has 5 rings (SSSR count). The lowest BCUT2D eigenvalue weighted by Crippen LogP contribution is -2.53. The first kappa shape index (κ1) is 43.6. The highest BCUT2D eigenvalue weighted by atomic mass is 19.1. The molecule has 0 aliphatic carbocycles. The summed E-state index contributed by atoms with van der Waals surface area (Å²) in [6, 6.07) is 16.7. The average molecular weight is 788 g/mol. The van der Waals surface area contributed by atoms with Crippen LogP contribution in [-0.2, 0) is 25.5 Å². The summed E-state index contributed by atoms with van der Waals surface area (Å²) < 4.78 is 36.1. The molecule has 0 radical (unpaired) electrons. The lowest BCUT2D eigenvalue weighted by Gasteiger charge is -2.45. The number of halogens is 1. The number of aromatic nitrogens is 1. The second kappa shape index (κ2) is 22.4. The fourth-order valence-corrected chi connectivity index (χ4v) is 7.80. The number of ether oxygens (including phenoxy) is 4. The molecule has 310 valence electrons. The highest BCUT2D eigenvalue weighted by Crippen LogP contribution is 2.41. The van der Waals surface area contributed by atoms with Crippen LogP contribution in [0.5, 0.6) is 5.75 Å². The van der Waals surface area contributed by atoms with E-state index < -0.39 is 5.82 Å². The number of nitrogens with one attached hydrogen (secondary N) is 3. The fraction of sp³-hybridized carbons (Fsp3) is 0.533. The molecule has 1 fully saturated rings. The first-order valence-corrected chi connectivity index (χ1v) is 20.6. The molecule has 1 amide bonds. The Morgan fingerprint density at radius 3 is 2.49 bits per heavy atom. The normalized spacial score (nSPS) is 19.5. The minimum Gasteiger partial charge on any atom is -0.494 e. The third-order valence-corrected chi connectivity index (χ3v) is 11.2. The molecule has 2 aliphatic rings. The van der Waals surface area contributed by atoms with Crippen molar-refractivity contribution in [3.05, 3.63) is 101 Å². The zero-order valence-corrected chi connectivity index (χ0v) is 34.2. The molecule has 3 aromatic rings. The van der Waals surface area contributed by atoms with Crippen LogP contribution in [0.4, 0.5) is 10.1 Å². The molecule has 12 heteroatoms. The molecular formula is C45H62FN5O6. The van der Waals surface area contributed by atoms with Crippen molar-refractivity contribution in [2.45, 2.75) is 83.3 Å². The predicted molar refractivity (Wildman–Crippen MR) is 220 cm³/mol. The maximum atomic E-state index is 14.9. The van der Waals surface area contributed by atoms with E-state index in [1.807, 2.05) is 30.6 Å². The summed E-state index contributed by atoms with van der Waals surface area (Å²) in [5, 5.41) is 10.9. The number of benzene rings is 2. The molecular weight excluding hydrogens is 726 g/mol. The van der Waals surface area contributed by atoms with E-state index in [1.54, 1.807) is 18.2 Å². The van der Waals surface area contributed by atoms with Crippen LogP contribution in [0.15, 0.2) is 78.8 Å². The lowest BCUT2D eigenvalue weighted by molar-refractivity contribution is -0.146. The van der Waals surface area contributed by atoms with Gasteiger partial charge >= 0.3 is 5.97 Å². The van der Waals surface area contributed by atoms with E-state index in [9.17, 15) is 14.0 Å². The summed E-state index contributed by atoms with van der Waals surface area (Å²) in [4.78, 5) is 31.2. The Kier molecular flexibility index (Phi) is 17.2. The minimum absolute atomic E-state index is 0.0326. The van der Waals surface area contributed by atoms with Gasteiger partial charge in [0.05, 0.1) is 25.3 Å². The van der Waals surface area contributed by atoms with Crippen molar-refractivity contribution in [3.8, 4) is 5.75 Å². The van der Waals surface area contributed by atoms with Gasteiger partial charge in [-0.05, 0) is 118 Å². The van der Waals surface area contributed by atoms with Crippen LogP contribution < -0.4 is 20.7 Å². The van der Waals surface area contributed by atoms with Gasteiger partial charge < -0.3 is 39.8 Å². The van der Waals surface area contributed by atoms with Crippen LogP contribution >= 0.6 is 0 Å². The zero-order valence-electron chi connectivity index (χ0n) is 34.2. The highest BCUT2D eigenvalue weighted by molar-refractivity contribution is 5.95. The molecule has 1 aromatic heterocycles. The number of hydrogen-bond acceptors (Lipinski definition) is 10. The molecule has 0 saturated carbocycles. The van der Waals surface area contributed by atoms with Gasteiger partial charge in [0.15, 0.2) is 0 Å². The van der Waals surface area contributed by atoms with E-state index in [0.717, 1.165) is 63.7 Å². The van der Waals surface area contributed by atoms with Crippen molar-refractivity contribution in [1.29, 1.82) is 0 Å². The van der Waals surface area contributed by atoms with Gasteiger partial charge in [-0.25, -0.2) is 9.18 Å². The molecule has 3 heterocycles. The maximum absolute atomic E-state index is 14.9. The SMILES string of the molecule is CC[C@@H]1C(C)CC=C(C2(Nc3cccc(C(=O)NCc4cc(OCCCCCOCCCOCC(=O)OC)ccc4F)c3)CCN(C)CC2)NC1c1ccncc1. The molecule has 3 N–H and O–H groups in total. The largest absolute Gasteiger partial charge is 0.494 e. The molecule has 0 spiro atoms. The number of carbonyl (C=O) groups excluding carboxylic acids is 2. The van der Waals surface area contributed by atoms with Crippen molar-refractivity contribution >= 4 is 17.6 Å². The van der Waals surface area contributed by atoms with Crippen molar-refractivity contribution in [2.75, 3.05) is 65.6 Å². The number of nitrogens with zero attached hydrogens (tertiary/aromatic N) is 2. The Hall–Kier alpha value is -4.52. The molecule has 57 heavy (non-hydrogen) atoms. The number of rotatable bonds is 21. The monoisotopic (exact) mass is 787 g/mol. The third-order valence-electron chi connectivity index (χ3n) is 11.2. The number of pyridine rings is 1. The predicted octanol–water partition coefficient (Wildman–Crippen LogP) is 7.45. The summed E-state index contributed by atoms with van der Waals surface area (Å²) in [7, 11) is 3.50. The summed E-state index contributed by atoms with van der Waals surface area (Å²) in [6.45, 7) is 8.66. The summed E-state index contributed by atoms with van der Waals surface area (Å²) in [5.74, 6) is 0.472. The maximum Gasteiger partial charge on any atom is 0.331 e. The van der Waals surface area contributed by atoms with Crippen LogP contribution in [0.25, 0.3) is 0 Å². The van der Waals surface area contributed by atoms with Gasteiger partial charge in [0.1, 0.15) is 18.2 Å². The number of likely N-dealkylation sites (tertiary alicyclic amines) is 1. The molecule has 3 atom stereocenters. The summed E-state index contributed by atoms with van der Waals surface area (Å²) >= 11 is 0. The Bertz CT molecular complexity index is 1730. The van der Waals surface area contributed by atoms with Crippen LogP contribution in [-0.4, -0.2) is 87.6 Å². The number of hydrogen-bond donors (Lipinski definition) is 3. The van der Waals surface area contributed by atoms with Crippen LogP contribution in [0.1, 0.15) is 92.7 Å². The first-order chi connectivity index (χ1) is 27.7. The lowest BCUT2D eigenvalue weighted by atomic mass is 9.81. The number of esters is 1. The minimum atomic E-state index is -0.399. The Balaban J connectivity index is 1.13. The van der Waals surface area contributed by atoms with Crippen molar-refractivity contribution in [1.82, 2.24) is 20.5 Å². The van der Waals surface area contributed by atoms with Crippen LogP contribution in [0.3, 0.4) is 0 Å². The number of amides is 1. The van der Waals surface area contributed by atoms with Gasteiger partial charge in [0.2, 0.25) is 0 Å². The Labute approximate surface area is 338 Å². The fourth-order valence-electron chi connectivity index (χ4n) is 7.80. The second-order valence-corrected chi connectivity index (χ2v) is 15.3. The topological polar surface area (TPSA) is 123 Å². The van der Waals surface area contributed by atoms with E-state index in [-0.39, 0.29) is 36.6 Å². The van der Waals surface area contributed by atoms with E-state index in [4.69, 9.17) is 14.2 Å². The zero-order chi connectivity index (χ0) is 40.5. The number of unbranched alkanes of at least 4 members (excludes halogenated alkanes) is 2. The number of methoxy groups -OCH3 is 1. The molecule has 2 unspecified atom stereocenters. The van der Waals surface area contributed by atoms with E-state index in [0.29, 0.717) is 61.6 Å². The quantitative estimate of drug-likeness (QED) is 0.0741. The van der Waals surface area contributed by atoms with Crippen LogP contribution in [0, 0.1) is 17.7 Å². The molecule has 11 nitrogen and oxygen atoms in total. The standard InChI is InChI=1S/C45H62FN5O6/c1-5-39-33(2)13-16-41(49-43(39)34-17-21-47-22-18-34)45(19-23-51(3)24-20-45)50-37-12-9-11-35(29-37)44(53)48-31-36-30-38(14-15-40(36)46)57-28-8-6-7-25-55-26-10-27-56-32-42(52)54-4/h9,11-12,14-18,21-22,29-30,33,39,43,49-50H,5-8,10,13,19-20,23-28,31-32H2,1-4H3,(H,48,53)/t33?,39-,43?/m1/s1. The number of allylic oxidation sites excluding steroid dienone is 1. The third kappa shape index (κ3) is 13.0. The summed E-state index contributed by atoms with van der Waals surface area (Å²) in [5.41, 5.74) is 3.86. The molecule has 0 bridgehead atoms. The van der Waals surface area contributed by atoms with E-state index >= 15 is 0 Å². The van der Waals surface area contributed by atoms with Crippen molar-refractivity contribution < 1.29 is 32.9 Å². The number of anilines is 1. The second-order valence-electron chi connectivity index (χ2n) is 15.3. The van der Waals surface area contributed by atoms with Crippen molar-refractivity contribution in [3.63, 3.8) is 0 Å². The molecule has 2 aliphatic heterocycles. The Morgan fingerprint density at radius 1 is 0.965 bits per heavy atom. The van der Waals surface area contributed by atoms with Gasteiger partial charge in [-0.1, -0.05) is 32.4 Å². The average Bonchev–Trinajstić information content (AvgIpc) is 3.40. The van der Waals surface area contributed by atoms with Crippen LogP contribution in [0.2, 0.25) is 0 Å². The van der Waals surface area contributed by atoms with Gasteiger partial charge in [0, 0.05) is 74.4 Å². The first-order valence-electron chi connectivity index (χ1n) is 20.6. The summed E-state index contributed by atoms with van der Waals surface area (Å²) in [6.07, 6.45) is 13.4. The smallest absolute Gasteiger partial charge is 0.331 e. The van der Waals surface area contributed by atoms with Gasteiger partial charge in [-0.15, -0.1) is 0 Å². The van der Waals surface area contributed by atoms with Gasteiger partial charge in [-0.3, -0.25) is 9.78 Å².